The van der Waals surface area contributed by atoms with Crippen molar-refractivity contribution in [3.05, 3.63) is 7.43 Å². The largest absolute Gasteiger partial charge is 0.358 e. The summed E-state index contributed by atoms with van der Waals surface area (Å²) in [5.74, 6) is 13.2. The van der Waals surface area contributed by atoms with E-state index >= 15 is 0 Å². The Morgan fingerprint density at radius 1 is 0.377 bits per heavy atom. The second-order valence-electron chi connectivity index (χ2n) is 19.3. The molecule has 12 fully saturated rings. The van der Waals surface area contributed by atoms with Crippen LogP contribution in [0.2, 0.25) is 0 Å². The van der Waals surface area contributed by atoms with Gasteiger partial charge in [0.1, 0.15) is 0 Å². The smallest absolute Gasteiger partial charge is 0 e. The van der Waals surface area contributed by atoms with Crippen molar-refractivity contribution in [2.45, 2.75) is 297 Å². The van der Waals surface area contributed by atoms with Gasteiger partial charge in [0.25, 0.3) is 0 Å². The van der Waals surface area contributed by atoms with Crippen molar-refractivity contribution in [1.29, 1.82) is 0 Å². The minimum atomic E-state index is 0. The van der Waals surface area contributed by atoms with Crippen molar-refractivity contribution in [3.63, 3.8) is 0 Å². The average Bonchev–Trinajstić information content (AvgIpc) is 3.94. The van der Waals surface area contributed by atoms with Crippen molar-refractivity contribution in [1.82, 2.24) is 0 Å². The quantitative estimate of drug-likeness (QED) is 0.230. The van der Waals surface area contributed by atoms with Gasteiger partial charge in [0.05, 0.1) is 0 Å². The zero-order valence-corrected chi connectivity index (χ0v) is 50.9. The average molecular weight is 942 g/mol. The molecule has 7 atom stereocenters. The third-order valence-corrected chi connectivity index (χ3v) is 16.4. The maximum absolute atomic E-state index is 2.51. The van der Waals surface area contributed by atoms with E-state index in [4.69, 9.17) is 0 Å². The summed E-state index contributed by atoms with van der Waals surface area (Å²) in [6, 6.07) is 0. The van der Waals surface area contributed by atoms with Crippen LogP contribution in [0.25, 0.3) is 0 Å². The van der Waals surface area contributed by atoms with Crippen LogP contribution in [0.15, 0.2) is 0 Å². The Hall–Kier alpha value is 1.10. The van der Waals surface area contributed by atoms with E-state index < -0.39 is 0 Å². The predicted molar refractivity (Wildman–Crippen MR) is 288 cm³/mol. The van der Waals surface area contributed by atoms with E-state index in [2.05, 4.69) is 55.4 Å². The topological polar surface area (TPSA) is 0 Å². The molecule has 0 nitrogen and oxygen atoms in total. The fourth-order valence-electron chi connectivity index (χ4n) is 13.8. The summed E-state index contributed by atoms with van der Waals surface area (Å²) in [6.45, 7) is 55.7. The molecule has 0 heterocycles. The first-order valence-corrected chi connectivity index (χ1v) is 27.9. The fourth-order valence-corrected chi connectivity index (χ4v) is 13.8. The molecule has 0 N–H and O–H groups in total. The number of hydrogen-bond donors (Lipinski definition) is 0. The summed E-state index contributed by atoms with van der Waals surface area (Å²) in [5.41, 5.74) is 2.03. The second kappa shape index (κ2) is 42.5. The maximum Gasteiger partial charge on any atom is 0 e. The number of hydrogen-bond acceptors (Lipinski definition) is 0. The first-order chi connectivity index (χ1) is 27.9. The molecule has 12 aliphatic carbocycles. The minimum Gasteiger partial charge on any atom is -0.358 e. The van der Waals surface area contributed by atoms with Gasteiger partial charge in [0.15, 0.2) is 0 Å². The van der Waals surface area contributed by atoms with E-state index in [0.29, 0.717) is 16.2 Å². The monoisotopic (exact) mass is 941 g/mol. The zero-order chi connectivity index (χ0) is 46.4. The van der Waals surface area contributed by atoms with Crippen LogP contribution in [0.5, 0.6) is 0 Å². The standard InChI is InChI=1S/C12H22.C11H20.C10H16.C7H12.9C2H6.CH4.CH3.Y/c1-5-12(4)7-6-9-8-10(12)11(9,2)3;1-7-5-8(2)10-6-9(7)11(10,3)4;1-7-2-9-4-8(1)5-10(3-7)6-9;1-2-7-4-3-6(1)5-7;9*1-2;;;/h9-10H,5-8H2,1-4H3;7-10H,5-6H2,1-4H3;7-10H,1-6H2;6-7H,1-5H2;9*1-2H3;1H4;1H3;/q;;;;;;;;;;;;;;-1;. The van der Waals surface area contributed by atoms with Gasteiger partial charge < -0.3 is 7.43 Å². The Kier molecular flexibility index (Phi) is 53.2. The molecule has 0 aliphatic heterocycles. The molecule has 0 saturated heterocycles. The van der Waals surface area contributed by atoms with E-state index in [1.807, 2.05) is 125 Å². The zero-order valence-electron chi connectivity index (χ0n) is 48.0. The Bertz CT molecular complexity index is 778. The molecule has 12 rings (SSSR count). The van der Waals surface area contributed by atoms with Crippen LogP contribution in [0.1, 0.15) is 297 Å². The van der Waals surface area contributed by atoms with E-state index in [1.54, 1.807) is 70.6 Å². The molecule has 61 heavy (non-hydrogen) atoms. The summed E-state index contributed by atoms with van der Waals surface area (Å²) in [6.07, 6.45) is 26.3. The summed E-state index contributed by atoms with van der Waals surface area (Å²) < 4.78 is 0. The molecule has 10 bridgehead atoms. The molecule has 375 valence electrons. The van der Waals surface area contributed by atoms with E-state index in [1.165, 1.54) is 74.0 Å². The van der Waals surface area contributed by atoms with Crippen LogP contribution >= 0.6 is 0 Å². The second-order valence-corrected chi connectivity index (χ2v) is 19.3. The number of fused-ring (bicyclic) bond motifs is 6. The molecule has 7 unspecified atom stereocenters. The van der Waals surface area contributed by atoms with Crippen molar-refractivity contribution < 1.29 is 32.7 Å². The maximum atomic E-state index is 2.51. The molecule has 0 aromatic carbocycles. The van der Waals surface area contributed by atoms with Gasteiger partial charge >= 0.3 is 0 Å². The number of rotatable bonds is 1. The first-order valence-electron chi connectivity index (χ1n) is 27.9. The predicted octanol–water partition coefficient (Wildman–Crippen LogP) is 22.5. The molecule has 12 saturated carbocycles. The van der Waals surface area contributed by atoms with E-state index in [-0.39, 0.29) is 47.6 Å². The van der Waals surface area contributed by atoms with Gasteiger partial charge in [-0.1, -0.05) is 220 Å². The van der Waals surface area contributed by atoms with Crippen LogP contribution in [-0.4, -0.2) is 0 Å². The summed E-state index contributed by atoms with van der Waals surface area (Å²) in [5, 5.41) is 0. The Morgan fingerprint density at radius 2 is 0.656 bits per heavy atom. The van der Waals surface area contributed by atoms with E-state index in [0.717, 1.165) is 35.5 Å². The Morgan fingerprint density at radius 3 is 0.820 bits per heavy atom. The third kappa shape index (κ3) is 22.2. The van der Waals surface area contributed by atoms with Gasteiger partial charge in [-0.15, -0.1) is 0 Å². The molecule has 1 radical (unpaired) electrons. The Balaban J connectivity index is -0.000000112. The molecule has 12 aliphatic rings. The van der Waals surface area contributed by atoms with E-state index in [9.17, 15) is 0 Å². The van der Waals surface area contributed by atoms with Crippen LogP contribution in [-0.2, 0) is 32.7 Å². The normalized spacial score (nSPS) is 35.3. The molecular weight excluding hydrogens is 810 g/mol. The molecular formula is C60H131Y-. The van der Waals surface area contributed by atoms with Gasteiger partial charge in [-0.05, 0) is 164 Å². The van der Waals surface area contributed by atoms with Crippen molar-refractivity contribution in [3.8, 4) is 0 Å². The van der Waals surface area contributed by atoms with Crippen LogP contribution in [0.4, 0.5) is 0 Å². The Labute approximate surface area is 421 Å². The van der Waals surface area contributed by atoms with Gasteiger partial charge in [-0.2, -0.15) is 0 Å². The van der Waals surface area contributed by atoms with Gasteiger partial charge in [-0.3, -0.25) is 0 Å². The fraction of sp³-hybridized carbons (Fsp3) is 0.983. The van der Waals surface area contributed by atoms with Crippen LogP contribution in [0.3, 0.4) is 0 Å². The molecule has 0 aromatic heterocycles. The summed E-state index contributed by atoms with van der Waals surface area (Å²) in [4.78, 5) is 0. The van der Waals surface area contributed by atoms with Crippen LogP contribution in [0, 0.1) is 94.7 Å². The third-order valence-electron chi connectivity index (χ3n) is 16.4. The molecule has 0 amide bonds. The van der Waals surface area contributed by atoms with Crippen LogP contribution < -0.4 is 0 Å². The first kappa shape index (κ1) is 76.4. The SMILES string of the molecule is C.C1C2CC3CC1CC(C2)C3.C1CC2CCC1C2.CC.CC.CC.CC.CC.CC.CC.CC.CC.CC1CC(C)C2CC1C2(C)C.CCC1(C)CCC2CC1C2(C)C.[CH3-].[Y]. The van der Waals surface area contributed by atoms with Crippen molar-refractivity contribution in [2.24, 2.45) is 87.3 Å². The summed E-state index contributed by atoms with van der Waals surface area (Å²) in [7, 11) is 0. The van der Waals surface area contributed by atoms with Gasteiger partial charge in [-0.25, -0.2) is 0 Å². The van der Waals surface area contributed by atoms with Gasteiger partial charge in [0, 0.05) is 32.7 Å². The molecule has 1 heteroatoms. The van der Waals surface area contributed by atoms with Gasteiger partial charge in [0.2, 0.25) is 0 Å². The molecule has 0 aromatic rings. The minimum absolute atomic E-state index is 0. The summed E-state index contributed by atoms with van der Waals surface area (Å²) >= 11 is 0. The van der Waals surface area contributed by atoms with Crippen molar-refractivity contribution >= 4 is 0 Å². The van der Waals surface area contributed by atoms with Crippen molar-refractivity contribution in [2.75, 3.05) is 0 Å². The molecule has 0 spiro atoms.